The number of methoxy groups -OCH3 is 2. The lowest BCUT2D eigenvalue weighted by Gasteiger charge is -2.21. The lowest BCUT2D eigenvalue weighted by molar-refractivity contribution is -0.148. The van der Waals surface area contributed by atoms with E-state index in [9.17, 15) is 19.2 Å². The van der Waals surface area contributed by atoms with Crippen LogP contribution in [0.5, 0.6) is 0 Å². The molecule has 0 heterocycles. The van der Waals surface area contributed by atoms with E-state index in [4.69, 9.17) is 0 Å². The van der Waals surface area contributed by atoms with Crippen LogP contribution in [0.15, 0.2) is 24.3 Å². The molecule has 1 rings (SSSR count). The normalized spacial score (nSPS) is 11.6. The highest BCUT2D eigenvalue weighted by molar-refractivity contribution is 6.14. The number of carbonyl (C=O) groups is 4. The van der Waals surface area contributed by atoms with E-state index in [2.05, 4.69) is 9.47 Å². The monoisotopic (exact) mass is 334 g/mol. The van der Waals surface area contributed by atoms with Crippen LogP contribution in [0.25, 0.3) is 0 Å². The van der Waals surface area contributed by atoms with Crippen molar-refractivity contribution in [1.29, 1.82) is 0 Å². The predicted octanol–water partition coefficient (Wildman–Crippen LogP) is 2.45. The van der Waals surface area contributed by atoms with Gasteiger partial charge >= 0.3 is 11.9 Å². The first-order valence-electron chi connectivity index (χ1n) is 7.36. The van der Waals surface area contributed by atoms with E-state index in [0.29, 0.717) is 0 Å². The summed E-state index contributed by atoms with van der Waals surface area (Å²) in [6.45, 7) is 5.89. The van der Waals surface area contributed by atoms with Gasteiger partial charge in [0.1, 0.15) is 10.8 Å². The number of hydrogen-bond donors (Lipinski definition) is 0. The molecule has 0 saturated heterocycles. The van der Waals surface area contributed by atoms with Gasteiger partial charge in [-0.05, 0) is 27.7 Å². The third kappa shape index (κ3) is 3.53. The molecule has 0 spiro atoms. The second kappa shape index (κ2) is 6.95. The highest BCUT2D eigenvalue weighted by atomic mass is 16.5. The first-order chi connectivity index (χ1) is 11.0. The topological polar surface area (TPSA) is 86.7 Å². The molecular weight excluding hydrogens is 312 g/mol. The fourth-order valence-corrected chi connectivity index (χ4v) is 2.19. The van der Waals surface area contributed by atoms with Gasteiger partial charge in [0.15, 0.2) is 11.6 Å². The summed E-state index contributed by atoms with van der Waals surface area (Å²) >= 11 is 0. The maximum absolute atomic E-state index is 12.4. The molecule has 1 aromatic carbocycles. The van der Waals surface area contributed by atoms with E-state index in [1.807, 2.05) is 0 Å². The summed E-state index contributed by atoms with van der Waals surface area (Å²) in [6.07, 6.45) is 0. The SMILES string of the molecule is COC(=O)C(C)(C)C(=O)c1ccc(C(=O)C(C)(C)C(=O)OC)cc1. The van der Waals surface area contributed by atoms with Crippen molar-refractivity contribution in [3.63, 3.8) is 0 Å². The molecule has 0 atom stereocenters. The third-order valence-electron chi connectivity index (χ3n) is 3.94. The minimum absolute atomic E-state index is 0.276. The van der Waals surface area contributed by atoms with Crippen LogP contribution in [0.2, 0.25) is 0 Å². The molecule has 1 aromatic rings. The van der Waals surface area contributed by atoms with E-state index in [1.165, 1.54) is 66.2 Å². The summed E-state index contributed by atoms with van der Waals surface area (Å²) in [7, 11) is 2.43. The van der Waals surface area contributed by atoms with E-state index >= 15 is 0 Å². The van der Waals surface area contributed by atoms with E-state index in [-0.39, 0.29) is 11.1 Å². The van der Waals surface area contributed by atoms with Gasteiger partial charge < -0.3 is 9.47 Å². The average molecular weight is 334 g/mol. The fourth-order valence-electron chi connectivity index (χ4n) is 2.19. The molecule has 0 unspecified atom stereocenters. The number of Topliss-reactive ketones (excluding diaryl/α,β-unsaturated/α-hetero) is 2. The highest BCUT2D eigenvalue weighted by Gasteiger charge is 2.39. The molecule has 0 saturated carbocycles. The Morgan fingerprint density at radius 2 is 0.917 bits per heavy atom. The molecule has 0 aromatic heterocycles. The molecule has 0 radical (unpaired) electrons. The van der Waals surface area contributed by atoms with E-state index in [0.717, 1.165) is 0 Å². The molecule has 6 nitrogen and oxygen atoms in total. The van der Waals surface area contributed by atoms with Crippen LogP contribution in [-0.4, -0.2) is 37.7 Å². The lowest BCUT2D eigenvalue weighted by atomic mass is 9.82. The minimum atomic E-state index is -1.33. The van der Waals surface area contributed by atoms with Crippen LogP contribution < -0.4 is 0 Å². The van der Waals surface area contributed by atoms with Crippen molar-refractivity contribution in [1.82, 2.24) is 0 Å². The summed E-state index contributed by atoms with van der Waals surface area (Å²) in [5.41, 5.74) is -2.10. The molecule has 130 valence electrons. The van der Waals surface area contributed by atoms with Crippen LogP contribution in [-0.2, 0) is 19.1 Å². The molecule has 0 aliphatic rings. The number of esters is 2. The number of ketones is 2. The Labute approximate surface area is 141 Å². The molecule has 0 N–H and O–H groups in total. The van der Waals surface area contributed by atoms with Crippen molar-refractivity contribution in [2.24, 2.45) is 10.8 Å². The maximum Gasteiger partial charge on any atom is 0.319 e. The van der Waals surface area contributed by atoms with Crippen molar-refractivity contribution in [3.05, 3.63) is 35.4 Å². The molecule has 0 amide bonds. The van der Waals surface area contributed by atoms with Crippen LogP contribution in [0.3, 0.4) is 0 Å². The van der Waals surface area contributed by atoms with Gasteiger partial charge in [-0.25, -0.2) is 0 Å². The number of ether oxygens (including phenoxy) is 2. The van der Waals surface area contributed by atoms with Crippen LogP contribution >= 0.6 is 0 Å². The highest BCUT2D eigenvalue weighted by Crippen LogP contribution is 2.26. The summed E-state index contributed by atoms with van der Waals surface area (Å²) in [5.74, 6) is -2.11. The zero-order valence-electron chi connectivity index (χ0n) is 14.8. The van der Waals surface area contributed by atoms with Gasteiger partial charge in [0.05, 0.1) is 14.2 Å². The lowest BCUT2D eigenvalue weighted by Crippen LogP contribution is -2.35. The fraction of sp³-hybridized carbons (Fsp3) is 0.444. The van der Waals surface area contributed by atoms with Gasteiger partial charge in [-0.3, -0.25) is 19.2 Å². The third-order valence-corrected chi connectivity index (χ3v) is 3.94. The molecule has 6 heteroatoms. The number of carbonyl (C=O) groups excluding carboxylic acids is 4. The van der Waals surface area contributed by atoms with Crippen molar-refractivity contribution < 1.29 is 28.7 Å². The van der Waals surface area contributed by atoms with Crippen molar-refractivity contribution in [2.45, 2.75) is 27.7 Å². The summed E-state index contributed by atoms with van der Waals surface area (Å²) < 4.78 is 9.28. The van der Waals surface area contributed by atoms with E-state index < -0.39 is 34.3 Å². The van der Waals surface area contributed by atoms with Crippen LogP contribution in [0, 0.1) is 10.8 Å². The zero-order valence-corrected chi connectivity index (χ0v) is 14.8. The number of rotatable bonds is 6. The maximum atomic E-state index is 12.4. The van der Waals surface area contributed by atoms with E-state index in [1.54, 1.807) is 0 Å². The minimum Gasteiger partial charge on any atom is -0.468 e. The average Bonchev–Trinajstić information content (AvgIpc) is 2.58. The Morgan fingerprint density at radius 1 is 0.667 bits per heavy atom. The van der Waals surface area contributed by atoms with Crippen molar-refractivity contribution >= 4 is 23.5 Å². The molecule has 0 fully saturated rings. The summed E-state index contributed by atoms with van der Waals surface area (Å²) in [4.78, 5) is 48.3. The second-order valence-corrected chi connectivity index (χ2v) is 6.47. The smallest absolute Gasteiger partial charge is 0.319 e. The first-order valence-corrected chi connectivity index (χ1v) is 7.36. The van der Waals surface area contributed by atoms with Gasteiger partial charge in [-0.2, -0.15) is 0 Å². The number of benzene rings is 1. The molecule has 24 heavy (non-hydrogen) atoms. The van der Waals surface area contributed by atoms with Gasteiger partial charge in [0, 0.05) is 11.1 Å². The first kappa shape index (κ1) is 19.5. The summed E-state index contributed by atoms with van der Waals surface area (Å²) in [5, 5.41) is 0. The molecule has 0 aliphatic carbocycles. The van der Waals surface area contributed by atoms with Crippen molar-refractivity contribution in [2.75, 3.05) is 14.2 Å². The Balaban J connectivity index is 3.10. The van der Waals surface area contributed by atoms with Gasteiger partial charge in [0.25, 0.3) is 0 Å². The Bertz CT molecular complexity index is 608. The van der Waals surface area contributed by atoms with Gasteiger partial charge in [0.2, 0.25) is 0 Å². The van der Waals surface area contributed by atoms with Gasteiger partial charge in [-0.1, -0.05) is 24.3 Å². The molecule has 0 bridgehead atoms. The molecule has 0 aliphatic heterocycles. The summed E-state index contributed by atoms with van der Waals surface area (Å²) in [6, 6.07) is 5.81. The Morgan fingerprint density at radius 3 is 1.12 bits per heavy atom. The van der Waals surface area contributed by atoms with Crippen LogP contribution in [0.4, 0.5) is 0 Å². The van der Waals surface area contributed by atoms with Crippen LogP contribution in [0.1, 0.15) is 48.4 Å². The zero-order chi connectivity index (χ0) is 18.7. The Kier molecular flexibility index (Phi) is 5.66. The van der Waals surface area contributed by atoms with Gasteiger partial charge in [-0.15, -0.1) is 0 Å². The predicted molar refractivity (Wildman–Crippen MR) is 86.7 cm³/mol. The standard InChI is InChI=1S/C18H22O6/c1-17(2,15(21)23-5)13(19)11-7-9-12(10-8-11)14(20)18(3,4)16(22)24-6/h7-10H,1-6H3. The van der Waals surface area contributed by atoms with Crippen molar-refractivity contribution in [3.8, 4) is 0 Å². The Hall–Kier alpha value is -2.50. The molecular formula is C18H22O6. The number of hydrogen-bond acceptors (Lipinski definition) is 6. The second-order valence-electron chi connectivity index (χ2n) is 6.47. The largest absolute Gasteiger partial charge is 0.468 e. The quantitative estimate of drug-likeness (QED) is 0.451.